The lowest BCUT2D eigenvalue weighted by Gasteiger charge is -2.28. The van der Waals surface area contributed by atoms with Crippen LogP contribution in [0.25, 0.3) is 0 Å². The van der Waals surface area contributed by atoms with E-state index in [4.69, 9.17) is 23.2 Å². The number of halogens is 2. The number of amides is 1. The lowest BCUT2D eigenvalue weighted by molar-refractivity contribution is 0.0684. The van der Waals surface area contributed by atoms with Gasteiger partial charge in [-0.25, -0.2) is 13.4 Å². The smallest absolute Gasteiger partial charge is 0.254 e. The number of imidazole rings is 1. The number of hydrogen-bond acceptors (Lipinski definition) is 4. The Hall–Kier alpha value is -2.35. The van der Waals surface area contributed by atoms with E-state index < -0.39 is 9.84 Å². The summed E-state index contributed by atoms with van der Waals surface area (Å²) in [4.78, 5) is 19.2. The molecule has 1 aromatic heterocycles. The van der Waals surface area contributed by atoms with E-state index in [0.717, 1.165) is 0 Å². The first-order chi connectivity index (χ1) is 15.5. The van der Waals surface area contributed by atoms with Gasteiger partial charge in [0, 0.05) is 27.7 Å². The summed E-state index contributed by atoms with van der Waals surface area (Å²) in [5.74, 6) is -0.404. The zero-order valence-electron chi connectivity index (χ0n) is 19.0. The van der Waals surface area contributed by atoms with Crippen LogP contribution in [-0.4, -0.2) is 34.8 Å². The Morgan fingerprint density at radius 2 is 1.67 bits per heavy atom. The number of hydrogen-bond donors (Lipinski definition) is 0. The summed E-state index contributed by atoms with van der Waals surface area (Å²) in [6.07, 6.45) is 1.53. The minimum atomic E-state index is -3.75. The molecule has 0 saturated heterocycles. The van der Waals surface area contributed by atoms with Gasteiger partial charge in [-0.05, 0) is 63.6 Å². The van der Waals surface area contributed by atoms with Gasteiger partial charge in [-0.15, -0.1) is 0 Å². The maximum absolute atomic E-state index is 13.2. The lowest BCUT2D eigenvalue weighted by atomic mass is 10.1. The minimum Gasteiger partial charge on any atom is -0.330 e. The Labute approximate surface area is 205 Å². The molecular formula is C24H27Cl2N3O3S. The first-order valence-corrected chi connectivity index (χ1v) is 13.0. The average molecular weight is 508 g/mol. The molecule has 0 saturated carbocycles. The molecule has 9 heteroatoms. The van der Waals surface area contributed by atoms with Crippen molar-refractivity contribution < 1.29 is 13.2 Å². The minimum absolute atomic E-state index is 0.0219. The Morgan fingerprint density at radius 3 is 2.24 bits per heavy atom. The largest absolute Gasteiger partial charge is 0.330 e. The molecule has 0 aliphatic rings. The van der Waals surface area contributed by atoms with Crippen LogP contribution in [0, 0.1) is 0 Å². The molecule has 0 bridgehead atoms. The van der Waals surface area contributed by atoms with E-state index in [1.54, 1.807) is 58.0 Å². The lowest BCUT2D eigenvalue weighted by Crippen LogP contribution is -2.37. The van der Waals surface area contributed by atoms with Gasteiger partial charge in [0.15, 0.2) is 0 Å². The average Bonchev–Trinajstić information content (AvgIpc) is 3.16. The van der Waals surface area contributed by atoms with Crippen molar-refractivity contribution in [3.8, 4) is 0 Å². The second kappa shape index (κ2) is 10.3. The zero-order chi connectivity index (χ0) is 24.3. The molecule has 0 atom stereocenters. The molecule has 1 heterocycles. The summed E-state index contributed by atoms with van der Waals surface area (Å²) < 4.78 is 28.2. The van der Waals surface area contributed by atoms with Gasteiger partial charge in [0.25, 0.3) is 5.91 Å². The van der Waals surface area contributed by atoms with E-state index >= 15 is 0 Å². The number of carbonyl (C=O) groups is 1. The molecule has 1 amide bonds. The number of benzene rings is 2. The van der Waals surface area contributed by atoms with Gasteiger partial charge in [0.05, 0.1) is 24.2 Å². The third-order valence-electron chi connectivity index (χ3n) is 5.17. The predicted octanol–water partition coefficient (Wildman–Crippen LogP) is 5.80. The van der Waals surface area contributed by atoms with Gasteiger partial charge in [0.1, 0.15) is 0 Å². The van der Waals surface area contributed by atoms with Crippen LogP contribution in [0.4, 0.5) is 0 Å². The SMILES string of the molecule is CC(C)N(Cc1cnc(S(=O)(=O)Cc2cccc(Cl)c2)n1C(C)C)C(=O)c1cccc(Cl)c1. The fourth-order valence-corrected chi connectivity index (χ4v) is 5.63. The van der Waals surface area contributed by atoms with E-state index in [1.165, 1.54) is 6.20 Å². The van der Waals surface area contributed by atoms with Gasteiger partial charge in [-0.1, -0.05) is 41.4 Å². The van der Waals surface area contributed by atoms with Crippen molar-refractivity contribution >= 4 is 38.9 Å². The zero-order valence-corrected chi connectivity index (χ0v) is 21.3. The predicted molar refractivity (Wildman–Crippen MR) is 131 cm³/mol. The number of aromatic nitrogens is 2. The molecule has 33 heavy (non-hydrogen) atoms. The quantitative estimate of drug-likeness (QED) is 0.386. The monoisotopic (exact) mass is 507 g/mol. The van der Waals surface area contributed by atoms with Gasteiger partial charge < -0.3 is 9.47 Å². The van der Waals surface area contributed by atoms with Crippen LogP contribution >= 0.6 is 23.2 Å². The fourth-order valence-electron chi connectivity index (χ4n) is 3.64. The first kappa shape index (κ1) is 25.3. The molecule has 0 N–H and O–H groups in total. The van der Waals surface area contributed by atoms with Crippen LogP contribution in [-0.2, 0) is 22.1 Å². The summed E-state index contributed by atoms with van der Waals surface area (Å²) in [7, 11) is -3.75. The number of rotatable bonds is 8. The van der Waals surface area contributed by atoms with Crippen LogP contribution in [0.2, 0.25) is 10.0 Å². The van der Waals surface area contributed by atoms with Gasteiger partial charge in [-0.3, -0.25) is 4.79 Å². The van der Waals surface area contributed by atoms with E-state index in [2.05, 4.69) is 4.98 Å². The van der Waals surface area contributed by atoms with Crippen molar-refractivity contribution in [2.75, 3.05) is 0 Å². The Balaban J connectivity index is 1.96. The van der Waals surface area contributed by atoms with Crippen molar-refractivity contribution in [3.63, 3.8) is 0 Å². The summed E-state index contributed by atoms with van der Waals surface area (Å²) in [6, 6.07) is 13.2. The molecule has 0 spiro atoms. The third kappa shape index (κ3) is 5.96. The summed E-state index contributed by atoms with van der Waals surface area (Å²) in [6.45, 7) is 7.82. The van der Waals surface area contributed by atoms with Crippen molar-refractivity contribution in [1.82, 2.24) is 14.5 Å². The highest BCUT2D eigenvalue weighted by Crippen LogP contribution is 2.25. The molecule has 0 aliphatic carbocycles. The first-order valence-electron chi connectivity index (χ1n) is 10.6. The standard InChI is InChI=1S/C24H27Cl2N3O3S/c1-16(2)28(23(30)19-8-6-10-21(26)12-19)14-22-13-27-24(29(22)17(3)4)33(31,32)15-18-7-5-9-20(25)11-18/h5-13,16-17H,14-15H2,1-4H3. The highest BCUT2D eigenvalue weighted by Gasteiger charge is 2.28. The van der Waals surface area contributed by atoms with Crippen molar-refractivity contribution in [1.29, 1.82) is 0 Å². The Morgan fingerprint density at radius 1 is 1.03 bits per heavy atom. The fraction of sp³-hybridized carbons (Fsp3) is 0.333. The number of sulfone groups is 1. The van der Waals surface area contributed by atoms with Crippen molar-refractivity contribution in [2.45, 2.75) is 57.2 Å². The summed E-state index contributed by atoms with van der Waals surface area (Å²) >= 11 is 12.1. The third-order valence-corrected chi connectivity index (χ3v) is 7.21. The highest BCUT2D eigenvalue weighted by molar-refractivity contribution is 7.90. The van der Waals surface area contributed by atoms with Crippen LogP contribution in [0.1, 0.15) is 55.4 Å². The topological polar surface area (TPSA) is 72.3 Å². The molecule has 0 fully saturated rings. The molecular weight excluding hydrogens is 481 g/mol. The molecule has 2 aromatic carbocycles. The van der Waals surface area contributed by atoms with Crippen LogP contribution in [0.3, 0.4) is 0 Å². The Kier molecular flexibility index (Phi) is 7.88. The number of nitrogens with zero attached hydrogens (tertiary/aromatic N) is 3. The Bertz CT molecular complexity index is 1250. The highest BCUT2D eigenvalue weighted by atomic mass is 35.5. The van der Waals surface area contributed by atoms with Gasteiger partial charge in [-0.2, -0.15) is 0 Å². The second-order valence-electron chi connectivity index (χ2n) is 8.42. The van der Waals surface area contributed by atoms with E-state index in [1.807, 2.05) is 27.7 Å². The summed E-state index contributed by atoms with van der Waals surface area (Å²) in [5, 5.41) is 0.931. The molecule has 176 valence electrons. The van der Waals surface area contributed by atoms with Crippen LogP contribution < -0.4 is 0 Å². The van der Waals surface area contributed by atoms with Crippen LogP contribution in [0.15, 0.2) is 59.9 Å². The van der Waals surface area contributed by atoms with E-state index in [-0.39, 0.29) is 35.4 Å². The second-order valence-corrected chi connectivity index (χ2v) is 11.2. The van der Waals surface area contributed by atoms with E-state index in [9.17, 15) is 13.2 Å². The van der Waals surface area contributed by atoms with Crippen molar-refractivity contribution in [2.24, 2.45) is 0 Å². The molecule has 0 aliphatic heterocycles. The van der Waals surface area contributed by atoms with Crippen LogP contribution in [0.5, 0.6) is 0 Å². The normalized spacial score (nSPS) is 11.9. The molecule has 3 rings (SSSR count). The maximum Gasteiger partial charge on any atom is 0.254 e. The molecule has 0 radical (unpaired) electrons. The molecule has 0 unspecified atom stereocenters. The molecule has 3 aromatic rings. The van der Waals surface area contributed by atoms with Gasteiger partial charge in [0.2, 0.25) is 15.0 Å². The molecule has 6 nitrogen and oxygen atoms in total. The van der Waals surface area contributed by atoms with Gasteiger partial charge >= 0.3 is 0 Å². The summed E-state index contributed by atoms with van der Waals surface area (Å²) in [5.41, 5.74) is 1.70. The maximum atomic E-state index is 13.2. The number of carbonyl (C=O) groups excluding carboxylic acids is 1. The van der Waals surface area contributed by atoms with Crippen molar-refractivity contribution in [3.05, 3.63) is 81.6 Å². The van der Waals surface area contributed by atoms with E-state index in [0.29, 0.717) is 26.9 Å².